The van der Waals surface area contributed by atoms with Crippen LogP contribution >= 0.6 is 0 Å². The third-order valence-electron chi connectivity index (χ3n) is 2.63. The Morgan fingerprint density at radius 1 is 1.22 bits per heavy atom. The highest BCUT2D eigenvalue weighted by atomic mass is 16.7. The van der Waals surface area contributed by atoms with Crippen LogP contribution in [0.1, 0.15) is 0 Å². The van der Waals surface area contributed by atoms with Gasteiger partial charge in [0.2, 0.25) is 5.91 Å². The standard InChI is InChI=1S/C9H17NO8/c10-8(16)4(2-12)18-9-7(15)6(14)5(13)3(1-11)17-9/h3-7,9,11-15H,1-2H2,(H2,10,16). The average molecular weight is 267 g/mol. The summed E-state index contributed by atoms with van der Waals surface area (Å²) in [5.74, 6) is -0.977. The molecule has 7 N–H and O–H groups in total. The highest BCUT2D eigenvalue weighted by Gasteiger charge is 2.45. The van der Waals surface area contributed by atoms with E-state index in [1.165, 1.54) is 0 Å². The number of rotatable bonds is 5. The molecule has 0 aromatic rings. The predicted molar refractivity (Wildman–Crippen MR) is 54.9 cm³/mol. The number of carbonyl (C=O) groups is 1. The summed E-state index contributed by atoms with van der Waals surface area (Å²) >= 11 is 0. The number of primary amides is 1. The normalized spacial score (nSPS) is 38.4. The fourth-order valence-electron chi connectivity index (χ4n) is 1.54. The highest BCUT2D eigenvalue weighted by molar-refractivity contribution is 5.78. The molecule has 1 fully saturated rings. The van der Waals surface area contributed by atoms with Crippen LogP contribution in [0.15, 0.2) is 0 Å². The van der Waals surface area contributed by atoms with Crippen molar-refractivity contribution < 1.29 is 39.8 Å². The summed E-state index contributed by atoms with van der Waals surface area (Å²) in [5, 5.41) is 46.2. The Hall–Kier alpha value is -0.810. The van der Waals surface area contributed by atoms with Crippen molar-refractivity contribution in [3.05, 3.63) is 0 Å². The molecule has 106 valence electrons. The van der Waals surface area contributed by atoms with E-state index >= 15 is 0 Å². The second-order valence-corrected chi connectivity index (χ2v) is 3.91. The minimum Gasteiger partial charge on any atom is -0.394 e. The Morgan fingerprint density at radius 2 is 1.83 bits per heavy atom. The second kappa shape index (κ2) is 6.38. The third-order valence-corrected chi connectivity index (χ3v) is 2.63. The van der Waals surface area contributed by atoms with E-state index in [0.717, 1.165) is 0 Å². The van der Waals surface area contributed by atoms with E-state index in [1.54, 1.807) is 0 Å². The van der Waals surface area contributed by atoms with Gasteiger partial charge in [-0.25, -0.2) is 0 Å². The Labute approximate surface area is 102 Å². The van der Waals surface area contributed by atoms with E-state index in [1.807, 2.05) is 0 Å². The zero-order chi connectivity index (χ0) is 13.9. The number of nitrogens with two attached hydrogens (primary N) is 1. The van der Waals surface area contributed by atoms with E-state index in [4.69, 9.17) is 25.4 Å². The molecule has 9 nitrogen and oxygen atoms in total. The largest absolute Gasteiger partial charge is 0.394 e. The zero-order valence-corrected chi connectivity index (χ0v) is 9.42. The molecule has 1 aliphatic heterocycles. The minimum atomic E-state index is -1.64. The number of carbonyl (C=O) groups excluding carboxylic acids is 1. The maximum absolute atomic E-state index is 10.8. The number of aliphatic hydroxyl groups excluding tert-OH is 5. The molecule has 18 heavy (non-hydrogen) atoms. The van der Waals surface area contributed by atoms with Gasteiger partial charge in [-0.05, 0) is 0 Å². The van der Waals surface area contributed by atoms with Gasteiger partial charge in [0.15, 0.2) is 12.4 Å². The Balaban J connectivity index is 2.72. The zero-order valence-electron chi connectivity index (χ0n) is 9.42. The lowest BCUT2D eigenvalue weighted by Gasteiger charge is -2.40. The van der Waals surface area contributed by atoms with Crippen molar-refractivity contribution in [2.24, 2.45) is 5.73 Å². The first-order valence-corrected chi connectivity index (χ1v) is 5.28. The van der Waals surface area contributed by atoms with Crippen molar-refractivity contribution in [2.45, 2.75) is 36.8 Å². The van der Waals surface area contributed by atoms with Gasteiger partial charge in [-0.2, -0.15) is 0 Å². The number of ether oxygens (including phenoxy) is 2. The molecule has 1 aliphatic rings. The fourth-order valence-corrected chi connectivity index (χ4v) is 1.54. The Kier molecular flexibility index (Phi) is 5.41. The molecule has 0 bridgehead atoms. The third kappa shape index (κ3) is 3.14. The molecule has 1 heterocycles. The molecule has 0 radical (unpaired) electrons. The average Bonchev–Trinajstić information content (AvgIpc) is 2.35. The van der Waals surface area contributed by atoms with Crippen LogP contribution in [0.2, 0.25) is 0 Å². The molecule has 0 aliphatic carbocycles. The van der Waals surface area contributed by atoms with Gasteiger partial charge in [0.1, 0.15) is 24.4 Å². The molecular formula is C9H17NO8. The van der Waals surface area contributed by atoms with Gasteiger partial charge in [-0.15, -0.1) is 0 Å². The van der Waals surface area contributed by atoms with Gasteiger partial charge in [-0.1, -0.05) is 0 Å². The number of hydrogen-bond donors (Lipinski definition) is 6. The molecular weight excluding hydrogens is 250 g/mol. The first-order valence-electron chi connectivity index (χ1n) is 5.28. The molecule has 1 amide bonds. The monoisotopic (exact) mass is 267 g/mol. The number of amides is 1. The first-order chi connectivity index (χ1) is 8.42. The van der Waals surface area contributed by atoms with Crippen LogP contribution in [0, 0.1) is 0 Å². The first kappa shape index (κ1) is 15.2. The minimum absolute atomic E-state index is 0.620. The van der Waals surface area contributed by atoms with Crippen molar-refractivity contribution >= 4 is 5.91 Å². The van der Waals surface area contributed by atoms with Crippen LogP contribution in [0.3, 0.4) is 0 Å². The van der Waals surface area contributed by atoms with Crippen LogP contribution in [0.4, 0.5) is 0 Å². The van der Waals surface area contributed by atoms with Crippen LogP contribution in [0.5, 0.6) is 0 Å². The fraction of sp³-hybridized carbons (Fsp3) is 0.889. The predicted octanol–water partition coefficient (Wildman–Crippen LogP) is -4.35. The lowest BCUT2D eigenvalue weighted by Crippen LogP contribution is -2.60. The molecule has 1 saturated heterocycles. The smallest absolute Gasteiger partial charge is 0.249 e. The van der Waals surface area contributed by atoms with Crippen molar-refractivity contribution in [1.29, 1.82) is 0 Å². The summed E-state index contributed by atoms with van der Waals surface area (Å²) in [7, 11) is 0. The SMILES string of the molecule is NC(=O)C(CO)OC1OC(CO)C(O)C(O)C1O. The summed E-state index contributed by atoms with van der Waals surface area (Å²) in [6.07, 6.45) is -8.85. The second-order valence-electron chi connectivity index (χ2n) is 3.91. The van der Waals surface area contributed by atoms with Crippen LogP contribution in [-0.2, 0) is 14.3 Å². The van der Waals surface area contributed by atoms with Gasteiger partial charge in [0.05, 0.1) is 13.2 Å². The lowest BCUT2D eigenvalue weighted by molar-refractivity contribution is -0.310. The summed E-state index contributed by atoms with van der Waals surface area (Å²) in [6, 6.07) is 0. The van der Waals surface area contributed by atoms with E-state index in [2.05, 4.69) is 0 Å². The number of aliphatic hydroxyl groups is 5. The number of hydrogen-bond acceptors (Lipinski definition) is 8. The van der Waals surface area contributed by atoms with Crippen LogP contribution in [-0.4, -0.2) is 81.5 Å². The summed E-state index contributed by atoms with van der Waals surface area (Å²) in [4.78, 5) is 10.8. The molecule has 0 spiro atoms. The highest BCUT2D eigenvalue weighted by Crippen LogP contribution is 2.22. The van der Waals surface area contributed by atoms with Gasteiger partial charge in [0, 0.05) is 0 Å². The molecule has 1 rings (SSSR count). The maximum Gasteiger partial charge on any atom is 0.249 e. The van der Waals surface area contributed by atoms with E-state index in [-0.39, 0.29) is 0 Å². The van der Waals surface area contributed by atoms with Gasteiger partial charge < -0.3 is 40.7 Å². The van der Waals surface area contributed by atoms with Crippen molar-refractivity contribution in [2.75, 3.05) is 13.2 Å². The molecule has 6 atom stereocenters. The van der Waals surface area contributed by atoms with Crippen molar-refractivity contribution in [3.8, 4) is 0 Å². The van der Waals surface area contributed by atoms with Crippen molar-refractivity contribution in [1.82, 2.24) is 0 Å². The van der Waals surface area contributed by atoms with Gasteiger partial charge >= 0.3 is 0 Å². The molecule has 0 saturated carbocycles. The quantitative estimate of drug-likeness (QED) is 0.291. The Bertz CT molecular complexity index is 286. The van der Waals surface area contributed by atoms with Crippen LogP contribution < -0.4 is 5.73 Å². The summed E-state index contributed by atoms with van der Waals surface area (Å²) < 4.78 is 9.85. The lowest BCUT2D eigenvalue weighted by atomic mass is 9.99. The molecule has 0 aromatic carbocycles. The van der Waals surface area contributed by atoms with Crippen LogP contribution in [0.25, 0.3) is 0 Å². The topological polar surface area (TPSA) is 163 Å². The van der Waals surface area contributed by atoms with E-state index < -0.39 is 55.9 Å². The maximum atomic E-state index is 10.8. The van der Waals surface area contributed by atoms with Crippen molar-refractivity contribution in [3.63, 3.8) is 0 Å². The molecule has 0 aromatic heterocycles. The van der Waals surface area contributed by atoms with E-state index in [9.17, 15) is 20.1 Å². The Morgan fingerprint density at radius 3 is 2.28 bits per heavy atom. The van der Waals surface area contributed by atoms with E-state index in [0.29, 0.717) is 0 Å². The molecule has 6 unspecified atom stereocenters. The molecule has 9 heteroatoms. The van der Waals surface area contributed by atoms with Gasteiger partial charge in [-0.3, -0.25) is 4.79 Å². The van der Waals surface area contributed by atoms with Gasteiger partial charge in [0.25, 0.3) is 0 Å². The summed E-state index contributed by atoms with van der Waals surface area (Å²) in [5.41, 5.74) is 4.92. The summed E-state index contributed by atoms with van der Waals surface area (Å²) in [6.45, 7) is -1.35.